The Morgan fingerprint density at radius 1 is 0.906 bits per heavy atom. The van der Waals surface area contributed by atoms with Crippen LogP contribution in [0.2, 0.25) is 0 Å². The second kappa shape index (κ2) is 9.99. The predicted molar refractivity (Wildman–Crippen MR) is 119 cm³/mol. The molecule has 0 aromatic heterocycles. The Balaban J connectivity index is 1.60. The Labute approximate surface area is 187 Å². The molecule has 1 fully saturated rings. The fraction of sp³-hybridized carbons (Fsp3) is 0.364. The van der Waals surface area contributed by atoms with Crippen LogP contribution in [0.3, 0.4) is 0 Å². The lowest BCUT2D eigenvalue weighted by atomic mass is 10.1. The summed E-state index contributed by atoms with van der Waals surface area (Å²) in [5, 5.41) is 0. The first kappa shape index (κ1) is 23.5. The molecule has 0 bridgehead atoms. The molecule has 3 amide bonds. The second-order valence-corrected chi connectivity index (χ2v) is 9.05. The van der Waals surface area contributed by atoms with Crippen LogP contribution >= 0.6 is 0 Å². The van der Waals surface area contributed by atoms with Gasteiger partial charge in [-0.25, -0.2) is 17.6 Å². The van der Waals surface area contributed by atoms with E-state index in [0.29, 0.717) is 50.5 Å². The van der Waals surface area contributed by atoms with Crippen molar-refractivity contribution >= 4 is 27.6 Å². The van der Waals surface area contributed by atoms with Gasteiger partial charge in [-0.1, -0.05) is 0 Å². The highest BCUT2D eigenvalue weighted by Crippen LogP contribution is 2.18. The summed E-state index contributed by atoms with van der Waals surface area (Å²) in [7, 11) is -3.86. The van der Waals surface area contributed by atoms with Crippen LogP contribution in [0.25, 0.3) is 0 Å². The predicted octanol–water partition coefficient (Wildman–Crippen LogP) is 2.85. The third-order valence-corrected chi connectivity index (χ3v) is 6.78. The number of hydrogen-bond acceptors (Lipinski definition) is 4. The third-order valence-electron chi connectivity index (χ3n) is 5.38. The molecule has 0 radical (unpaired) electrons. The Hall–Kier alpha value is -3.14. The number of nitrogens with one attached hydrogen (secondary N) is 1. The molecule has 2 aromatic rings. The average Bonchev–Trinajstić information content (AvgIpc) is 2.80. The quantitative estimate of drug-likeness (QED) is 0.715. The molecule has 1 N–H and O–H groups in total. The Morgan fingerprint density at radius 3 is 1.97 bits per heavy atom. The first-order chi connectivity index (χ1) is 15.2. The maximum absolute atomic E-state index is 13.0. The zero-order valence-electron chi connectivity index (χ0n) is 18.1. The van der Waals surface area contributed by atoms with Crippen molar-refractivity contribution in [3.8, 4) is 0 Å². The van der Waals surface area contributed by atoms with Gasteiger partial charge >= 0.3 is 6.03 Å². The van der Waals surface area contributed by atoms with Gasteiger partial charge in [-0.15, -0.1) is 0 Å². The zero-order valence-corrected chi connectivity index (χ0v) is 18.9. The topological polar surface area (TPSA) is 90.0 Å². The van der Waals surface area contributed by atoms with Crippen LogP contribution in [0.4, 0.5) is 14.9 Å². The molecule has 8 nitrogen and oxygen atoms in total. The van der Waals surface area contributed by atoms with E-state index in [0.717, 1.165) is 12.1 Å². The number of hydrogen-bond donors (Lipinski definition) is 1. The SMILES string of the molecule is CCN(CC)C(=O)N1CCN(C(=O)c2ccc(NS(=O)(=O)c3ccc(F)cc3)cc2)CC1. The Bertz CT molecular complexity index is 1050. The van der Waals surface area contributed by atoms with Crippen LogP contribution in [-0.4, -0.2) is 74.3 Å². The molecule has 1 heterocycles. The normalized spacial score (nSPS) is 14.2. The number of halogens is 1. The summed E-state index contributed by atoms with van der Waals surface area (Å²) in [5.41, 5.74) is 0.721. The van der Waals surface area contributed by atoms with Gasteiger partial charge in [0.2, 0.25) is 0 Å². The van der Waals surface area contributed by atoms with Gasteiger partial charge in [0.05, 0.1) is 4.90 Å². The number of piperazine rings is 1. The van der Waals surface area contributed by atoms with Crippen LogP contribution in [0.15, 0.2) is 53.4 Å². The van der Waals surface area contributed by atoms with Crippen molar-refractivity contribution in [2.24, 2.45) is 0 Å². The molecule has 1 saturated heterocycles. The maximum Gasteiger partial charge on any atom is 0.320 e. The Kier molecular flexibility index (Phi) is 7.34. The van der Waals surface area contributed by atoms with Crippen LogP contribution in [0.5, 0.6) is 0 Å². The lowest BCUT2D eigenvalue weighted by molar-refractivity contribution is 0.0641. The first-order valence-electron chi connectivity index (χ1n) is 10.5. The van der Waals surface area contributed by atoms with Gasteiger partial charge < -0.3 is 14.7 Å². The molecule has 0 atom stereocenters. The van der Waals surface area contributed by atoms with Crippen molar-refractivity contribution in [3.05, 3.63) is 59.9 Å². The molecule has 0 aliphatic carbocycles. The monoisotopic (exact) mass is 462 g/mol. The van der Waals surface area contributed by atoms with E-state index in [1.807, 2.05) is 13.8 Å². The number of urea groups is 1. The highest BCUT2D eigenvalue weighted by atomic mass is 32.2. The molecular weight excluding hydrogens is 435 g/mol. The third kappa shape index (κ3) is 5.37. The maximum atomic E-state index is 13.0. The molecule has 0 unspecified atom stereocenters. The standard InChI is InChI=1S/C22H27FN4O4S/c1-3-25(4-2)22(29)27-15-13-26(14-16-27)21(28)17-5-9-19(10-6-17)24-32(30,31)20-11-7-18(23)8-12-20/h5-12,24H,3-4,13-16H2,1-2H3. The van der Waals surface area contributed by atoms with E-state index in [-0.39, 0.29) is 16.8 Å². The molecular formula is C22H27FN4O4S. The summed E-state index contributed by atoms with van der Waals surface area (Å²) < 4.78 is 40.3. The van der Waals surface area contributed by atoms with Gasteiger partial charge in [0.15, 0.2) is 0 Å². The van der Waals surface area contributed by atoms with E-state index < -0.39 is 15.8 Å². The van der Waals surface area contributed by atoms with Gasteiger partial charge in [-0.2, -0.15) is 0 Å². The highest BCUT2D eigenvalue weighted by molar-refractivity contribution is 7.92. The minimum absolute atomic E-state index is 0.0140. The molecule has 0 spiro atoms. The fourth-order valence-electron chi connectivity index (χ4n) is 3.49. The molecule has 3 rings (SSSR count). The van der Waals surface area contributed by atoms with E-state index in [1.54, 1.807) is 26.8 Å². The number of carbonyl (C=O) groups is 2. The highest BCUT2D eigenvalue weighted by Gasteiger charge is 2.26. The lowest BCUT2D eigenvalue weighted by Crippen LogP contribution is -2.54. The summed E-state index contributed by atoms with van der Waals surface area (Å²) in [6.45, 7) is 6.97. The van der Waals surface area contributed by atoms with E-state index in [4.69, 9.17) is 0 Å². The van der Waals surface area contributed by atoms with Crippen molar-refractivity contribution < 1.29 is 22.4 Å². The van der Waals surface area contributed by atoms with E-state index in [2.05, 4.69) is 4.72 Å². The number of amides is 3. The Morgan fingerprint density at radius 2 is 1.44 bits per heavy atom. The van der Waals surface area contributed by atoms with Gasteiger partial charge in [0, 0.05) is 50.5 Å². The van der Waals surface area contributed by atoms with Crippen LogP contribution in [0, 0.1) is 5.82 Å². The number of nitrogens with zero attached hydrogens (tertiary/aromatic N) is 3. The van der Waals surface area contributed by atoms with Crippen molar-refractivity contribution in [1.82, 2.24) is 14.7 Å². The zero-order chi connectivity index (χ0) is 23.3. The van der Waals surface area contributed by atoms with Crippen molar-refractivity contribution in [3.63, 3.8) is 0 Å². The summed E-state index contributed by atoms with van der Waals surface area (Å²) in [6, 6.07) is 10.6. The largest absolute Gasteiger partial charge is 0.335 e. The van der Waals surface area contributed by atoms with Crippen molar-refractivity contribution in [2.45, 2.75) is 18.7 Å². The second-order valence-electron chi connectivity index (χ2n) is 7.37. The van der Waals surface area contributed by atoms with E-state index in [9.17, 15) is 22.4 Å². The average molecular weight is 463 g/mol. The lowest BCUT2D eigenvalue weighted by Gasteiger charge is -2.37. The van der Waals surface area contributed by atoms with Gasteiger partial charge in [0.1, 0.15) is 5.82 Å². The fourth-order valence-corrected chi connectivity index (χ4v) is 4.54. The van der Waals surface area contributed by atoms with Crippen LogP contribution in [-0.2, 0) is 10.0 Å². The number of benzene rings is 2. The van der Waals surface area contributed by atoms with Gasteiger partial charge in [0.25, 0.3) is 15.9 Å². The summed E-state index contributed by atoms with van der Waals surface area (Å²) >= 11 is 0. The molecule has 172 valence electrons. The molecule has 2 aromatic carbocycles. The molecule has 10 heteroatoms. The van der Waals surface area contributed by atoms with Gasteiger partial charge in [-0.05, 0) is 62.4 Å². The number of carbonyl (C=O) groups excluding carboxylic acids is 2. The molecule has 1 aliphatic heterocycles. The van der Waals surface area contributed by atoms with Crippen LogP contribution in [0.1, 0.15) is 24.2 Å². The van der Waals surface area contributed by atoms with Crippen molar-refractivity contribution in [2.75, 3.05) is 44.0 Å². The van der Waals surface area contributed by atoms with Crippen molar-refractivity contribution in [1.29, 1.82) is 0 Å². The van der Waals surface area contributed by atoms with Crippen LogP contribution < -0.4 is 4.72 Å². The minimum atomic E-state index is -3.86. The summed E-state index contributed by atoms with van der Waals surface area (Å²) in [4.78, 5) is 30.4. The van der Waals surface area contributed by atoms with E-state index >= 15 is 0 Å². The molecule has 0 saturated carbocycles. The number of anilines is 1. The minimum Gasteiger partial charge on any atom is -0.335 e. The van der Waals surface area contributed by atoms with E-state index in [1.165, 1.54) is 24.3 Å². The first-order valence-corrected chi connectivity index (χ1v) is 11.9. The number of sulfonamides is 1. The smallest absolute Gasteiger partial charge is 0.320 e. The molecule has 1 aliphatic rings. The van der Waals surface area contributed by atoms with Gasteiger partial charge in [-0.3, -0.25) is 9.52 Å². The summed E-state index contributed by atoms with van der Waals surface area (Å²) in [5.74, 6) is -0.696. The molecule has 32 heavy (non-hydrogen) atoms. The summed E-state index contributed by atoms with van der Waals surface area (Å²) in [6.07, 6.45) is 0. The number of rotatable bonds is 6.